The first kappa shape index (κ1) is 25.8. The number of rotatable bonds is 8. The number of hydrogen-bond acceptors (Lipinski definition) is 4. The predicted molar refractivity (Wildman–Crippen MR) is 146 cm³/mol. The van der Waals surface area contributed by atoms with Crippen molar-refractivity contribution < 1.29 is 4.74 Å². The van der Waals surface area contributed by atoms with Gasteiger partial charge in [-0.15, -0.1) is 0 Å². The van der Waals surface area contributed by atoms with Crippen molar-refractivity contribution in [3.63, 3.8) is 0 Å². The summed E-state index contributed by atoms with van der Waals surface area (Å²) in [7, 11) is 0. The molecule has 34 heavy (non-hydrogen) atoms. The van der Waals surface area contributed by atoms with Gasteiger partial charge in [0.05, 0.1) is 6.10 Å². The first-order chi connectivity index (χ1) is 16.2. The minimum atomic E-state index is 0.386. The molecule has 3 fully saturated rings. The number of hydrogen-bond donors (Lipinski definition) is 0. The first-order valence-corrected chi connectivity index (χ1v) is 14.2. The number of piperazine rings is 1. The quantitative estimate of drug-likeness (QED) is 0.430. The van der Waals surface area contributed by atoms with Crippen LogP contribution in [-0.4, -0.2) is 63.4 Å². The third kappa shape index (κ3) is 6.29. The molecule has 1 saturated carbocycles. The lowest BCUT2D eigenvalue weighted by atomic mass is 9.60. The molecule has 1 unspecified atom stereocenters. The molecule has 2 aliphatic heterocycles. The van der Waals surface area contributed by atoms with E-state index in [0.717, 1.165) is 39.2 Å². The summed E-state index contributed by atoms with van der Waals surface area (Å²) in [6.45, 7) is 23.3. The van der Waals surface area contributed by atoms with Gasteiger partial charge in [-0.25, -0.2) is 0 Å². The Balaban J connectivity index is 1.59. The molecule has 1 aromatic carbocycles. The minimum Gasteiger partial charge on any atom is -0.377 e. The fraction of sp³-hybridized carbons (Fsp3) is 0.800. The molecule has 0 aromatic heterocycles. The minimum absolute atomic E-state index is 0.386. The Morgan fingerprint density at radius 1 is 0.912 bits per heavy atom. The fourth-order valence-corrected chi connectivity index (χ4v) is 7.35. The highest BCUT2D eigenvalue weighted by Crippen LogP contribution is 2.53. The standard InChI is InChI=1S/C30H51N3O/c1-7-9-13-31-15-17-32(18-16-31)28-11-10-25(33-14-12-26(22-33)34-8-2)19-27(28)24-20-29(3,4)23-30(5,6)21-24/h10-11,19,24,26H,7-9,12-18,20-23H2,1-6H3. The largest absolute Gasteiger partial charge is 0.377 e. The summed E-state index contributed by atoms with van der Waals surface area (Å²) in [5, 5.41) is 0. The van der Waals surface area contributed by atoms with Crippen molar-refractivity contribution in [3.05, 3.63) is 23.8 Å². The molecule has 0 N–H and O–H groups in total. The highest BCUT2D eigenvalue weighted by Gasteiger charge is 2.40. The van der Waals surface area contributed by atoms with Crippen molar-refractivity contribution in [2.24, 2.45) is 10.8 Å². The normalized spacial score (nSPS) is 25.8. The van der Waals surface area contributed by atoms with Crippen LogP contribution in [0.15, 0.2) is 18.2 Å². The maximum Gasteiger partial charge on any atom is 0.0766 e. The van der Waals surface area contributed by atoms with E-state index in [0.29, 0.717) is 22.9 Å². The Bertz CT molecular complexity index is 780. The molecule has 4 heteroatoms. The highest BCUT2D eigenvalue weighted by molar-refractivity contribution is 5.64. The van der Waals surface area contributed by atoms with Gasteiger partial charge in [0.2, 0.25) is 0 Å². The highest BCUT2D eigenvalue weighted by atomic mass is 16.5. The van der Waals surface area contributed by atoms with Gasteiger partial charge >= 0.3 is 0 Å². The summed E-state index contributed by atoms with van der Waals surface area (Å²) >= 11 is 0. The summed E-state index contributed by atoms with van der Waals surface area (Å²) < 4.78 is 5.96. The molecule has 0 radical (unpaired) electrons. The summed E-state index contributed by atoms with van der Waals surface area (Å²) in [6.07, 6.45) is 8.06. The van der Waals surface area contributed by atoms with Crippen LogP contribution >= 0.6 is 0 Å². The van der Waals surface area contributed by atoms with E-state index < -0.39 is 0 Å². The van der Waals surface area contributed by atoms with Gasteiger partial charge < -0.3 is 14.5 Å². The smallest absolute Gasteiger partial charge is 0.0766 e. The van der Waals surface area contributed by atoms with E-state index >= 15 is 0 Å². The van der Waals surface area contributed by atoms with Gasteiger partial charge in [0.15, 0.2) is 0 Å². The van der Waals surface area contributed by atoms with E-state index in [4.69, 9.17) is 4.74 Å². The molecule has 1 atom stereocenters. The molecule has 4 nitrogen and oxygen atoms in total. The monoisotopic (exact) mass is 469 g/mol. The Labute approximate surface area is 210 Å². The zero-order valence-electron chi connectivity index (χ0n) is 23.0. The summed E-state index contributed by atoms with van der Waals surface area (Å²) in [6, 6.07) is 7.44. The van der Waals surface area contributed by atoms with Crippen molar-refractivity contribution in [2.75, 3.05) is 62.2 Å². The molecule has 1 aliphatic carbocycles. The van der Waals surface area contributed by atoms with E-state index in [1.807, 2.05) is 0 Å². The third-order valence-electron chi connectivity index (χ3n) is 8.46. The molecule has 1 aromatic rings. The molecule has 2 heterocycles. The zero-order valence-corrected chi connectivity index (χ0v) is 23.0. The molecular formula is C30H51N3O. The van der Waals surface area contributed by atoms with Gasteiger partial charge in [-0.2, -0.15) is 0 Å². The third-order valence-corrected chi connectivity index (χ3v) is 8.46. The summed E-state index contributed by atoms with van der Waals surface area (Å²) in [4.78, 5) is 7.93. The molecular weight excluding hydrogens is 418 g/mol. The molecule has 0 amide bonds. The Hall–Kier alpha value is -1.26. The van der Waals surface area contributed by atoms with Crippen LogP contribution in [-0.2, 0) is 4.74 Å². The SMILES string of the molecule is CCCCN1CCN(c2ccc(N3CCC(OCC)C3)cc2C2CC(C)(C)CC(C)(C)C2)CC1. The van der Waals surface area contributed by atoms with Crippen molar-refractivity contribution in [3.8, 4) is 0 Å². The van der Waals surface area contributed by atoms with E-state index in [1.54, 1.807) is 5.56 Å². The second-order valence-corrected chi connectivity index (χ2v) is 12.8. The van der Waals surface area contributed by atoms with Gasteiger partial charge in [-0.3, -0.25) is 4.90 Å². The number of unbranched alkanes of at least 4 members (excludes halogenated alkanes) is 1. The van der Waals surface area contributed by atoms with Crippen LogP contribution in [0.3, 0.4) is 0 Å². The van der Waals surface area contributed by atoms with Crippen molar-refractivity contribution in [2.45, 2.75) is 92.1 Å². The molecule has 4 rings (SSSR count). The topological polar surface area (TPSA) is 19.0 Å². The van der Waals surface area contributed by atoms with E-state index in [1.165, 1.54) is 63.1 Å². The maximum atomic E-state index is 5.96. The summed E-state index contributed by atoms with van der Waals surface area (Å²) in [5.74, 6) is 0.636. The lowest BCUT2D eigenvalue weighted by molar-refractivity contribution is 0.0787. The molecule has 192 valence electrons. The maximum absolute atomic E-state index is 5.96. The average Bonchev–Trinajstić information content (AvgIpc) is 3.24. The van der Waals surface area contributed by atoms with Crippen molar-refractivity contribution in [1.82, 2.24) is 4.90 Å². The van der Waals surface area contributed by atoms with Crippen molar-refractivity contribution in [1.29, 1.82) is 0 Å². The molecule has 2 saturated heterocycles. The number of benzene rings is 1. The lowest BCUT2D eigenvalue weighted by Crippen LogP contribution is -2.47. The fourth-order valence-electron chi connectivity index (χ4n) is 7.35. The first-order valence-electron chi connectivity index (χ1n) is 14.2. The number of ether oxygens (including phenoxy) is 1. The van der Waals surface area contributed by atoms with E-state index in [2.05, 4.69) is 74.4 Å². The number of anilines is 2. The van der Waals surface area contributed by atoms with Crippen LogP contribution in [0, 0.1) is 10.8 Å². The van der Waals surface area contributed by atoms with Gasteiger partial charge in [0, 0.05) is 57.3 Å². The van der Waals surface area contributed by atoms with Crippen LogP contribution in [0.25, 0.3) is 0 Å². The molecule has 0 spiro atoms. The van der Waals surface area contributed by atoms with Gasteiger partial charge in [0.1, 0.15) is 0 Å². The van der Waals surface area contributed by atoms with Crippen LogP contribution in [0.4, 0.5) is 11.4 Å². The molecule has 3 aliphatic rings. The Morgan fingerprint density at radius 3 is 2.26 bits per heavy atom. The Kier molecular flexibility index (Phi) is 8.19. The number of nitrogens with zero attached hydrogens (tertiary/aromatic N) is 3. The second kappa shape index (κ2) is 10.8. The van der Waals surface area contributed by atoms with Crippen LogP contribution in [0.5, 0.6) is 0 Å². The lowest BCUT2D eigenvalue weighted by Gasteiger charge is -2.46. The molecule has 0 bridgehead atoms. The Morgan fingerprint density at radius 2 is 1.62 bits per heavy atom. The second-order valence-electron chi connectivity index (χ2n) is 12.8. The van der Waals surface area contributed by atoms with E-state index in [9.17, 15) is 0 Å². The van der Waals surface area contributed by atoms with Crippen LogP contribution in [0.2, 0.25) is 0 Å². The van der Waals surface area contributed by atoms with Crippen molar-refractivity contribution >= 4 is 11.4 Å². The van der Waals surface area contributed by atoms with Crippen LogP contribution in [0.1, 0.15) is 91.5 Å². The van der Waals surface area contributed by atoms with Gasteiger partial charge in [0.25, 0.3) is 0 Å². The zero-order chi connectivity index (χ0) is 24.3. The van der Waals surface area contributed by atoms with Gasteiger partial charge in [-0.1, -0.05) is 41.0 Å². The van der Waals surface area contributed by atoms with Gasteiger partial charge in [-0.05, 0) is 86.1 Å². The predicted octanol–water partition coefficient (Wildman–Crippen LogP) is 6.54. The van der Waals surface area contributed by atoms with E-state index in [-0.39, 0.29) is 0 Å². The van der Waals surface area contributed by atoms with Crippen LogP contribution < -0.4 is 9.80 Å². The summed E-state index contributed by atoms with van der Waals surface area (Å²) in [5.41, 5.74) is 5.32. The average molecular weight is 470 g/mol.